The summed E-state index contributed by atoms with van der Waals surface area (Å²) in [6.45, 7) is 3.60. The first-order chi connectivity index (χ1) is 12.2. The Hall–Kier alpha value is -1.74. The summed E-state index contributed by atoms with van der Waals surface area (Å²) in [4.78, 5) is 10.1. The fourth-order valence-corrected chi connectivity index (χ4v) is 3.39. The Morgan fingerprint density at radius 1 is 1.46 bits per heavy atom. The van der Waals surface area contributed by atoms with Gasteiger partial charge in [-0.3, -0.25) is 4.99 Å². The first-order valence-electron chi connectivity index (χ1n) is 8.02. The third kappa shape index (κ3) is 5.63. The molecule has 0 atom stereocenters. The fourth-order valence-electron chi connectivity index (χ4n) is 2.32. The maximum Gasteiger partial charge on any atom is 0.434 e. The van der Waals surface area contributed by atoms with Gasteiger partial charge >= 0.3 is 6.18 Å². The lowest BCUT2D eigenvalue weighted by molar-refractivity contribution is -0.140. The maximum absolute atomic E-state index is 12.6. The van der Waals surface area contributed by atoms with Crippen LogP contribution in [0, 0.1) is 0 Å². The Balaban J connectivity index is 1.99. The van der Waals surface area contributed by atoms with Crippen molar-refractivity contribution in [2.75, 3.05) is 20.1 Å². The van der Waals surface area contributed by atoms with E-state index in [2.05, 4.69) is 15.3 Å². The van der Waals surface area contributed by atoms with E-state index in [1.165, 1.54) is 0 Å². The van der Waals surface area contributed by atoms with E-state index in [0.717, 1.165) is 22.4 Å². The van der Waals surface area contributed by atoms with Gasteiger partial charge in [0.15, 0.2) is 11.7 Å². The molecule has 144 valence electrons. The fraction of sp³-hybridized carbons (Fsp3) is 0.500. The molecular formula is C16H21ClF3N5S. The lowest BCUT2D eigenvalue weighted by Gasteiger charge is -2.22. The van der Waals surface area contributed by atoms with Gasteiger partial charge in [0.25, 0.3) is 0 Å². The van der Waals surface area contributed by atoms with Crippen LogP contribution in [0.15, 0.2) is 22.6 Å². The quantitative estimate of drug-likeness (QED) is 0.585. The second-order valence-corrected chi connectivity index (χ2v) is 7.11. The zero-order valence-electron chi connectivity index (χ0n) is 14.8. The Labute approximate surface area is 159 Å². The average Bonchev–Trinajstić information content (AvgIpc) is 3.13. The molecule has 10 heteroatoms. The minimum Gasteiger partial charge on any atom is -0.357 e. The van der Waals surface area contributed by atoms with Crippen LogP contribution >= 0.6 is 22.9 Å². The molecule has 2 heterocycles. The molecule has 0 spiro atoms. The van der Waals surface area contributed by atoms with Gasteiger partial charge in [0, 0.05) is 50.9 Å². The molecule has 2 aromatic heterocycles. The molecule has 0 aliphatic heterocycles. The van der Waals surface area contributed by atoms with Crippen molar-refractivity contribution < 1.29 is 13.2 Å². The summed E-state index contributed by atoms with van der Waals surface area (Å²) in [6, 6.07) is 1.88. The third-order valence-corrected chi connectivity index (χ3v) is 4.71. The van der Waals surface area contributed by atoms with Crippen molar-refractivity contribution in [1.29, 1.82) is 0 Å². The number of halogens is 4. The maximum atomic E-state index is 12.6. The highest BCUT2D eigenvalue weighted by Crippen LogP contribution is 2.30. The number of guanidine groups is 1. The van der Waals surface area contributed by atoms with Gasteiger partial charge in [0.2, 0.25) is 0 Å². The number of rotatable bonds is 6. The molecule has 0 amide bonds. The van der Waals surface area contributed by atoms with E-state index < -0.39 is 11.9 Å². The van der Waals surface area contributed by atoms with Crippen molar-refractivity contribution in [3.63, 3.8) is 0 Å². The normalized spacial score (nSPS) is 12.5. The number of aromatic nitrogens is 2. The second-order valence-electron chi connectivity index (χ2n) is 5.73. The average molecular weight is 408 g/mol. The first kappa shape index (κ1) is 20.6. The number of hydrogen-bond donors (Lipinski definition) is 1. The van der Waals surface area contributed by atoms with E-state index >= 15 is 0 Å². The van der Waals surface area contributed by atoms with Crippen LogP contribution in [0.4, 0.5) is 13.2 Å². The van der Waals surface area contributed by atoms with Gasteiger partial charge in [-0.2, -0.15) is 13.2 Å². The smallest absolute Gasteiger partial charge is 0.357 e. The molecule has 0 aliphatic rings. The molecule has 0 aliphatic carbocycles. The Bertz CT molecular complexity index is 753. The van der Waals surface area contributed by atoms with Crippen molar-refractivity contribution in [2.45, 2.75) is 26.1 Å². The molecule has 0 fully saturated rings. The molecule has 0 saturated carbocycles. The van der Waals surface area contributed by atoms with E-state index in [4.69, 9.17) is 11.6 Å². The minimum absolute atomic E-state index is 0.353. The number of thiazole rings is 1. The highest BCUT2D eigenvalue weighted by Gasteiger charge is 2.33. The molecule has 5 nitrogen and oxygen atoms in total. The van der Waals surface area contributed by atoms with Crippen LogP contribution in [0.3, 0.4) is 0 Å². The highest BCUT2D eigenvalue weighted by molar-refractivity contribution is 7.09. The second kappa shape index (κ2) is 8.77. The van der Waals surface area contributed by atoms with Crippen LogP contribution in [0.25, 0.3) is 0 Å². The first-order valence-corrected chi connectivity index (χ1v) is 9.28. The van der Waals surface area contributed by atoms with Gasteiger partial charge < -0.3 is 14.8 Å². The van der Waals surface area contributed by atoms with Gasteiger partial charge in [-0.1, -0.05) is 11.6 Å². The Morgan fingerprint density at radius 3 is 2.73 bits per heavy atom. The summed E-state index contributed by atoms with van der Waals surface area (Å²) >= 11 is 7.01. The molecule has 2 aromatic rings. The molecule has 0 unspecified atom stereocenters. The van der Waals surface area contributed by atoms with Gasteiger partial charge in [0.05, 0.1) is 16.6 Å². The van der Waals surface area contributed by atoms with E-state index in [0.29, 0.717) is 42.0 Å². The number of aryl methyl sites for hydroxylation is 1. The van der Waals surface area contributed by atoms with Crippen LogP contribution in [0.1, 0.15) is 23.3 Å². The molecule has 0 aromatic carbocycles. The molecular weight excluding hydrogens is 387 g/mol. The molecule has 0 bridgehead atoms. The SMILES string of the molecule is CCNC(=NCCc1nc(C(F)(F)F)cs1)N(C)Cc1cc(Cl)cn1C. The molecule has 2 rings (SSSR count). The standard InChI is InChI=1S/C16H21ClF3N5S/c1-4-21-15(25(3)9-12-7-11(17)8-24(12)2)22-6-5-14-23-13(10-26-14)16(18,19)20/h7-8,10H,4-6,9H2,1-3H3,(H,21,22). The lowest BCUT2D eigenvalue weighted by Crippen LogP contribution is -2.39. The molecule has 1 N–H and O–H groups in total. The van der Waals surface area contributed by atoms with E-state index in [9.17, 15) is 13.2 Å². The molecule has 0 radical (unpaired) electrons. The van der Waals surface area contributed by atoms with Gasteiger partial charge in [-0.15, -0.1) is 11.3 Å². The number of nitrogens with one attached hydrogen (secondary N) is 1. The van der Waals surface area contributed by atoms with Crippen LogP contribution in [-0.2, 0) is 26.2 Å². The lowest BCUT2D eigenvalue weighted by atomic mass is 10.4. The van der Waals surface area contributed by atoms with Gasteiger partial charge in [-0.25, -0.2) is 4.98 Å². The summed E-state index contributed by atoms with van der Waals surface area (Å²) in [5.74, 6) is 0.678. The molecule has 26 heavy (non-hydrogen) atoms. The zero-order valence-corrected chi connectivity index (χ0v) is 16.3. The number of nitrogens with zero attached hydrogens (tertiary/aromatic N) is 4. The van der Waals surface area contributed by atoms with Crippen LogP contribution in [0.5, 0.6) is 0 Å². The highest BCUT2D eigenvalue weighted by atomic mass is 35.5. The number of alkyl halides is 3. The summed E-state index contributed by atoms with van der Waals surface area (Å²) in [5, 5.41) is 5.31. The van der Waals surface area contributed by atoms with Gasteiger partial charge in [-0.05, 0) is 13.0 Å². The Kier molecular flexibility index (Phi) is 6.94. The monoisotopic (exact) mass is 407 g/mol. The van der Waals surface area contributed by atoms with Gasteiger partial charge in [0.1, 0.15) is 0 Å². The largest absolute Gasteiger partial charge is 0.434 e. The predicted molar refractivity (Wildman–Crippen MR) is 98.7 cm³/mol. The Morgan fingerprint density at radius 2 is 2.19 bits per heavy atom. The zero-order chi connectivity index (χ0) is 19.3. The van der Waals surface area contributed by atoms with Crippen molar-refractivity contribution in [3.05, 3.63) is 39.1 Å². The van der Waals surface area contributed by atoms with E-state index in [1.807, 2.05) is 42.7 Å². The van der Waals surface area contributed by atoms with Crippen molar-refractivity contribution >= 4 is 28.9 Å². The third-order valence-electron chi connectivity index (χ3n) is 3.60. The van der Waals surface area contributed by atoms with E-state index in [-0.39, 0.29) is 0 Å². The summed E-state index contributed by atoms with van der Waals surface area (Å²) < 4.78 is 39.7. The number of hydrogen-bond acceptors (Lipinski definition) is 3. The van der Waals surface area contributed by atoms with E-state index in [1.54, 1.807) is 0 Å². The number of aliphatic imine (C=N–C) groups is 1. The summed E-state index contributed by atoms with van der Waals surface area (Å²) in [7, 11) is 3.81. The van der Waals surface area contributed by atoms with Crippen LogP contribution in [-0.4, -0.2) is 40.5 Å². The summed E-state index contributed by atoms with van der Waals surface area (Å²) in [6.07, 6.45) is -2.21. The predicted octanol–water partition coefficient (Wildman–Crippen LogP) is 3.79. The van der Waals surface area contributed by atoms with Crippen molar-refractivity contribution in [1.82, 2.24) is 19.8 Å². The minimum atomic E-state index is -4.40. The van der Waals surface area contributed by atoms with Crippen LogP contribution in [0.2, 0.25) is 5.02 Å². The van der Waals surface area contributed by atoms with Crippen LogP contribution < -0.4 is 5.32 Å². The summed E-state index contributed by atoms with van der Waals surface area (Å²) in [5.41, 5.74) is 0.184. The topological polar surface area (TPSA) is 45.5 Å². The molecule has 0 saturated heterocycles. The van der Waals surface area contributed by atoms with Crippen molar-refractivity contribution in [3.8, 4) is 0 Å². The van der Waals surface area contributed by atoms with Crippen molar-refractivity contribution in [2.24, 2.45) is 12.0 Å².